The molecule has 6 aliphatic rings. The zero-order chi connectivity index (χ0) is 26.5. The van der Waals surface area contributed by atoms with Gasteiger partial charge in [-0.2, -0.15) is 0 Å². The van der Waals surface area contributed by atoms with Crippen molar-refractivity contribution in [2.75, 3.05) is 20.7 Å². The van der Waals surface area contributed by atoms with E-state index in [9.17, 15) is 9.90 Å². The van der Waals surface area contributed by atoms with Gasteiger partial charge in [0.15, 0.2) is 0 Å². The van der Waals surface area contributed by atoms with Gasteiger partial charge < -0.3 is 19.5 Å². The van der Waals surface area contributed by atoms with E-state index in [4.69, 9.17) is 9.47 Å². The summed E-state index contributed by atoms with van der Waals surface area (Å²) >= 11 is 1.27. The van der Waals surface area contributed by atoms with Crippen molar-refractivity contribution in [3.8, 4) is 5.75 Å². The lowest BCUT2D eigenvalue weighted by Crippen LogP contribution is -2.80. The highest BCUT2D eigenvalue weighted by molar-refractivity contribution is 8.14. The van der Waals surface area contributed by atoms with Gasteiger partial charge in [0, 0.05) is 35.6 Å². The van der Waals surface area contributed by atoms with Gasteiger partial charge in [0.05, 0.1) is 15.9 Å². The monoisotopic (exact) mass is 531 g/mol. The van der Waals surface area contributed by atoms with Gasteiger partial charge in [0.25, 0.3) is 0 Å². The number of rotatable bonds is 6. The number of carbonyl (C=O) groups excluding carboxylic acids is 1. The number of likely N-dealkylation sites (N-methyl/N-ethyl adjacent to an activating group) is 1. The third-order valence-electron chi connectivity index (χ3n) is 10.8. The number of likely N-dealkylation sites (tertiary alicyclic amines) is 1. The average molecular weight is 532 g/mol. The van der Waals surface area contributed by atoms with E-state index in [1.165, 1.54) is 22.9 Å². The van der Waals surface area contributed by atoms with Crippen LogP contribution in [0.3, 0.4) is 0 Å². The van der Waals surface area contributed by atoms with Crippen LogP contribution in [0.4, 0.5) is 0 Å². The Morgan fingerprint density at radius 2 is 2.03 bits per heavy atom. The molecule has 1 N–H and O–H groups in total. The van der Waals surface area contributed by atoms with Crippen molar-refractivity contribution < 1.29 is 19.4 Å². The smallest absolute Gasteiger partial charge is 0.224 e. The number of ether oxygens (including phenoxy) is 2. The molecule has 8 rings (SSSR count). The van der Waals surface area contributed by atoms with Gasteiger partial charge in [-0.3, -0.25) is 4.79 Å². The number of methoxy groups -OCH3 is 1. The first-order chi connectivity index (χ1) is 18.2. The molecule has 200 valence electrons. The van der Waals surface area contributed by atoms with Gasteiger partial charge in [0.1, 0.15) is 17.5 Å². The SMILES string of the molecule is CCC[C@@](C)(O)C1C[C@]23C=C[C@@]1(OC)[C@@H]1Oc4c(SC(=O)c5ccccc5)ccc5c4[C@@]12CCN(C)[C@@H]3C5. The second-order valence-corrected chi connectivity index (χ2v) is 13.4. The molecule has 4 aliphatic carbocycles. The number of hydrogen-bond acceptors (Lipinski definition) is 6. The molecule has 38 heavy (non-hydrogen) atoms. The summed E-state index contributed by atoms with van der Waals surface area (Å²) < 4.78 is 13.6. The summed E-state index contributed by atoms with van der Waals surface area (Å²) in [6.07, 6.45) is 8.88. The molecule has 7 atom stereocenters. The van der Waals surface area contributed by atoms with E-state index < -0.39 is 11.2 Å². The number of nitrogens with zero attached hydrogens (tertiary/aromatic N) is 1. The Kier molecular flexibility index (Phi) is 5.37. The first-order valence-electron chi connectivity index (χ1n) is 14.0. The summed E-state index contributed by atoms with van der Waals surface area (Å²) in [5.41, 5.74) is 1.33. The standard InChI is InChI=1S/C32H37NO4S/c1-5-13-29(2,35)23-19-30-14-15-32(23,36-4)28-31(30)16-17-33(3)24(30)18-21-11-12-22(26(37-28)25(21)31)38-27(34)20-9-7-6-8-10-20/h6-12,14-15,23-24,28,35H,5,13,16-19H2,1-4H3/t23?,24-,28-,29-,30+,31+,32+/m1/s1. The summed E-state index contributed by atoms with van der Waals surface area (Å²) in [4.78, 5) is 16.7. The van der Waals surface area contributed by atoms with E-state index in [0.29, 0.717) is 11.6 Å². The Balaban J connectivity index is 1.42. The number of benzene rings is 2. The number of hydrogen-bond donors (Lipinski definition) is 1. The lowest BCUT2D eigenvalue weighted by molar-refractivity contribution is -0.247. The summed E-state index contributed by atoms with van der Waals surface area (Å²) in [6.45, 7) is 5.12. The molecule has 2 heterocycles. The maximum atomic E-state index is 13.3. The highest BCUT2D eigenvalue weighted by Gasteiger charge is 2.80. The van der Waals surface area contributed by atoms with Crippen LogP contribution < -0.4 is 4.74 Å². The van der Waals surface area contributed by atoms with Crippen LogP contribution in [0, 0.1) is 11.3 Å². The van der Waals surface area contributed by atoms with Gasteiger partial charge in [-0.15, -0.1) is 0 Å². The number of thioether (sulfide) groups is 1. The molecule has 2 aromatic rings. The predicted octanol–water partition coefficient (Wildman–Crippen LogP) is 5.39. The third-order valence-corrected chi connectivity index (χ3v) is 11.7. The topological polar surface area (TPSA) is 59.0 Å². The number of piperidine rings is 1. The zero-order valence-corrected chi connectivity index (χ0v) is 23.5. The normalized spacial score (nSPS) is 37.4. The van der Waals surface area contributed by atoms with Gasteiger partial charge in [0.2, 0.25) is 5.12 Å². The molecular weight excluding hydrogens is 494 g/mol. The number of fused-ring (bicyclic) bond motifs is 1. The van der Waals surface area contributed by atoms with Gasteiger partial charge >= 0.3 is 0 Å². The van der Waals surface area contributed by atoms with E-state index in [0.717, 1.165) is 49.3 Å². The van der Waals surface area contributed by atoms with Crippen LogP contribution in [0.2, 0.25) is 0 Å². The van der Waals surface area contributed by atoms with Crippen molar-refractivity contribution in [2.24, 2.45) is 11.3 Å². The molecule has 2 aromatic carbocycles. The second-order valence-electron chi connectivity index (χ2n) is 12.4. The van der Waals surface area contributed by atoms with E-state index in [2.05, 4.69) is 43.2 Å². The second kappa shape index (κ2) is 8.20. The molecule has 0 aromatic heterocycles. The molecule has 0 amide bonds. The molecular formula is C32H37NO4S. The van der Waals surface area contributed by atoms with Gasteiger partial charge in [-0.25, -0.2) is 0 Å². The molecule has 2 spiro atoms. The average Bonchev–Trinajstić information content (AvgIpc) is 3.29. The Hall–Kier alpha value is -2.12. The third kappa shape index (κ3) is 2.87. The van der Waals surface area contributed by atoms with Gasteiger partial charge in [-0.1, -0.05) is 61.9 Å². The fourth-order valence-corrected chi connectivity index (χ4v) is 10.1. The molecule has 5 nitrogen and oxygen atoms in total. The number of carbonyl (C=O) groups is 1. The van der Waals surface area contributed by atoms with Crippen molar-refractivity contribution in [1.29, 1.82) is 0 Å². The van der Waals surface area contributed by atoms with Crippen molar-refractivity contribution in [3.05, 3.63) is 71.3 Å². The van der Waals surface area contributed by atoms with Crippen molar-refractivity contribution in [2.45, 2.75) is 79.6 Å². The van der Waals surface area contributed by atoms with Crippen molar-refractivity contribution in [1.82, 2.24) is 4.90 Å². The van der Waals surface area contributed by atoms with Crippen molar-refractivity contribution >= 4 is 16.9 Å². The highest BCUT2D eigenvalue weighted by atomic mass is 32.2. The minimum absolute atomic E-state index is 0.0239. The lowest BCUT2D eigenvalue weighted by atomic mass is 9.36. The van der Waals surface area contributed by atoms with Crippen LogP contribution in [0.1, 0.15) is 61.0 Å². The van der Waals surface area contributed by atoms with Crippen LogP contribution in [0.15, 0.2) is 59.5 Å². The summed E-state index contributed by atoms with van der Waals surface area (Å²) in [5.74, 6) is 0.782. The Labute approximate surface area is 229 Å². The number of aliphatic hydroxyl groups is 1. The zero-order valence-electron chi connectivity index (χ0n) is 22.7. The van der Waals surface area contributed by atoms with Crippen molar-refractivity contribution in [3.63, 3.8) is 0 Å². The van der Waals surface area contributed by atoms with Crippen LogP contribution in [0.5, 0.6) is 5.75 Å². The lowest BCUT2D eigenvalue weighted by Gasteiger charge is -2.72. The molecule has 2 aliphatic heterocycles. The molecule has 0 radical (unpaired) electrons. The summed E-state index contributed by atoms with van der Waals surface area (Å²) in [5, 5.41) is 11.9. The summed E-state index contributed by atoms with van der Waals surface area (Å²) in [6, 6.07) is 14.1. The molecule has 1 saturated heterocycles. The molecule has 1 saturated carbocycles. The molecule has 1 unspecified atom stereocenters. The maximum absolute atomic E-state index is 13.3. The van der Waals surface area contributed by atoms with E-state index in [1.54, 1.807) is 7.11 Å². The molecule has 2 fully saturated rings. The van der Waals surface area contributed by atoms with Crippen LogP contribution in [-0.4, -0.2) is 59.2 Å². The minimum Gasteiger partial charge on any atom is -0.485 e. The Morgan fingerprint density at radius 3 is 2.76 bits per heavy atom. The fourth-order valence-electron chi connectivity index (χ4n) is 9.24. The largest absolute Gasteiger partial charge is 0.485 e. The molecule has 6 heteroatoms. The Morgan fingerprint density at radius 1 is 1.24 bits per heavy atom. The fraction of sp³-hybridized carbons (Fsp3) is 0.531. The first-order valence-corrected chi connectivity index (χ1v) is 14.8. The first kappa shape index (κ1) is 24.9. The van der Waals surface area contributed by atoms with Crippen LogP contribution in [0.25, 0.3) is 0 Å². The van der Waals surface area contributed by atoms with Gasteiger partial charge in [-0.05, 0) is 69.6 Å². The molecule has 4 bridgehead atoms. The minimum atomic E-state index is -0.879. The Bertz CT molecular complexity index is 1340. The van der Waals surface area contributed by atoms with Crippen LogP contribution in [-0.2, 0) is 16.6 Å². The predicted molar refractivity (Wildman–Crippen MR) is 149 cm³/mol. The van der Waals surface area contributed by atoms with E-state index in [-0.39, 0.29) is 28.0 Å². The highest BCUT2D eigenvalue weighted by Crippen LogP contribution is 2.75. The van der Waals surface area contributed by atoms with E-state index in [1.807, 2.05) is 37.3 Å². The maximum Gasteiger partial charge on any atom is 0.224 e. The summed E-state index contributed by atoms with van der Waals surface area (Å²) in [7, 11) is 4.04. The quantitative estimate of drug-likeness (QED) is 0.398. The van der Waals surface area contributed by atoms with E-state index >= 15 is 0 Å². The van der Waals surface area contributed by atoms with Crippen LogP contribution >= 0.6 is 11.8 Å².